The molecule has 0 saturated carbocycles. The summed E-state index contributed by atoms with van der Waals surface area (Å²) in [6.07, 6.45) is 1.70. The zero-order chi connectivity index (χ0) is 19.4. The molecule has 0 spiro atoms. The van der Waals surface area contributed by atoms with Crippen molar-refractivity contribution in [3.8, 4) is 22.8 Å². The summed E-state index contributed by atoms with van der Waals surface area (Å²) in [5, 5.41) is 7.09. The van der Waals surface area contributed by atoms with E-state index in [2.05, 4.69) is 53.8 Å². The van der Waals surface area contributed by atoms with Gasteiger partial charge in [-0.05, 0) is 50.1 Å². The summed E-state index contributed by atoms with van der Waals surface area (Å²) in [4.78, 5) is 4.68. The van der Waals surface area contributed by atoms with E-state index in [4.69, 9.17) is 9.47 Å². The molecule has 0 amide bonds. The maximum atomic E-state index is 5.36. The number of nitrogens with zero attached hydrogens (tertiary/aromatic N) is 2. The molecule has 0 bridgehead atoms. The molecule has 3 aromatic rings. The molecule has 0 radical (unpaired) electrons. The predicted molar refractivity (Wildman–Crippen MR) is 113 cm³/mol. The van der Waals surface area contributed by atoms with Crippen LogP contribution in [0.5, 0.6) is 11.5 Å². The molecule has 0 saturated heterocycles. The molecule has 0 fully saturated rings. The molecule has 0 unspecified atom stereocenters. The van der Waals surface area contributed by atoms with Crippen LogP contribution in [0.15, 0.2) is 40.8 Å². The van der Waals surface area contributed by atoms with Gasteiger partial charge in [-0.2, -0.15) is 5.10 Å². The monoisotopic (exact) mass is 381 g/mol. The van der Waals surface area contributed by atoms with Gasteiger partial charge in [-0.3, -0.25) is 5.43 Å². The number of hydrogen-bond donors (Lipinski definition) is 1. The van der Waals surface area contributed by atoms with Gasteiger partial charge in [0.1, 0.15) is 11.5 Å². The lowest BCUT2D eigenvalue weighted by Gasteiger charge is -2.08. The van der Waals surface area contributed by atoms with E-state index in [9.17, 15) is 0 Å². The maximum Gasteiger partial charge on any atom is 0.203 e. The van der Waals surface area contributed by atoms with Crippen molar-refractivity contribution in [3.05, 3.63) is 58.0 Å². The molecular weight excluding hydrogens is 358 g/mol. The van der Waals surface area contributed by atoms with E-state index in [1.807, 2.05) is 18.2 Å². The zero-order valence-corrected chi connectivity index (χ0v) is 17.0. The van der Waals surface area contributed by atoms with Crippen LogP contribution in [0.3, 0.4) is 0 Å². The summed E-state index contributed by atoms with van der Waals surface area (Å²) in [5.41, 5.74) is 9.70. The van der Waals surface area contributed by atoms with E-state index >= 15 is 0 Å². The molecule has 5 nitrogen and oxygen atoms in total. The molecule has 0 aliphatic carbocycles. The molecule has 6 heteroatoms. The first-order chi connectivity index (χ1) is 13.0. The molecule has 0 atom stereocenters. The van der Waals surface area contributed by atoms with Crippen LogP contribution in [0, 0.1) is 20.8 Å². The first-order valence-electron chi connectivity index (χ1n) is 8.56. The Morgan fingerprint density at radius 3 is 2.44 bits per heavy atom. The van der Waals surface area contributed by atoms with Gasteiger partial charge in [-0.25, -0.2) is 4.98 Å². The van der Waals surface area contributed by atoms with Crippen molar-refractivity contribution in [1.29, 1.82) is 0 Å². The van der Waals surface area contributed by atoms with Crippen LogP contribution >= 0.6 is 11.3 Å². The van der Waals surface area contributed by atoms with Gasteiger partial charge in [-0.15, -0.1) is 11.3 Å². The topological polar surface area (TPSA) is 55.7 Å². The maximum absolute atomic E-state index is 5.36. The van der Waals surface area contributed by atoms with Crippen molar-refractivity contribution in [2.75, 3.05) is 19.6 Å². The summed E-state index contributed by atoms with van der Waals surface area (Å²) in [5.74, 6) is 1.48. The third-order valence-corrected chi connectivity index (χ3v) is 4.98. The summed E-state index contributed by atoms with van der Waals surface area (Å²) in [7, 11) is 3.26. The van der Waals surface area contributed by atoms with Gasteiger partial charge >= 0.3 is 0 Å². The van der Waals surface area contributed by atoms with Crippen LogP contribution in [0.2, 0.25) is 0 Å². The standard InChI is InChI=1S/C21H23N3O2S/c1-13-8-14(2)20(15(3)9-13)18-12-27-21(23-18)24-22-11-16-10-17(25-4)6-7-19(16)26-5/h6-12H,1-5H3,(H,23,24)/b22-11-. The first kappa shape index (κ1) is 18.9. The van der Waals surface area contributed by atoms with Crippen LogP contribution in [0.4, 0.5) is 5.13 Å². The predicted octanol–water partition coefficient (Wildman–Crippen LogP) is 5.20. The Morgan fingerprint density at radius 1 is 1.04 bits per heavy atom. The van der Waals surface area contributed by atoms with Crippen molar-refractivity contribution in [1.82, 2.24) is 4.98 Å². The Kier molecular flexibility index (Phi) is 5.76. The number of anilines is 1. The van der Waals surface area contributed by atoms with Crippen molar-refractivity contribution in [2.24, 2.45) is 5.10 Å². The highest BCUT2D eigenvalue weighted by atomic mass is 32.1. The SMILES string of the molecule is COc1ccc(OC)c(/C=N\Nc2nc(-c3c(C)cc(C)cc3C)cs2)c1. The number of ether oxygens (including phenoxy) is 2. The van der Waals surface area contributed by atoms with Crippen LogP contribution < -0.4 is 14.9 Å². The molecule has 3 rings (SSSR count). The Hall–Kier alpha value is -2.86. The van der Waals surface area contributed by atoms with Gasteiger partial charge in [0, 0.05) is 16.5 Å². The van der Waals surface area contributed by atoms with Crippen molar-refractivity contribution in [3.63, 3.8) is 0 Å². The number of thiazole rings is 1. The van der Waals surface area contributed by atoms with Crippen LogP contribution in [0.25, 0.3) is 11.3 Å². The van der Waals surface area contributed by atoms with Gasteiger partial charge < -0.3 is 9.47 Å². The summed E-state index contributed by atoms with van der Waals surface area (Å²) in [6.45, 7) is 6.35. The third kappa shape index (κ3) is 4.28. The minimum absolute atomic E-state index is 0.729. The van der Waals surface area contributed by atoms with Gasteiger partial charge in [0.05, 0.1) is 26.1 Å². The van der Waals surface area contributed by atoms with Crippen molar-refractivity contribution in [2.45, 2.75) is 20.8 Å². The molecule has 140 valence electrons. The highest BCUT2D eigenvalue weighted by Crippen LogP contribution is 2.31. The molecule has 1 heterocycles. The second-order valence-electron chi connectivity index (χ2n) is 6.29. The highest BCUT2D eigenvalue weighted by Gasteiger charge is 2.10. The quantitative estimate of drug-likeness (QED) is 0.471. The van der Waals surface area contributed by atoms with Gasteiger partial charge in [0.25, 0.3) is 0 Å². The summed E-state index contributed by atoms with van der Waals surface area (Å²) >= 11 is 1.53. The summed E-state index contributed by atoms with van der Waals surface area (Å²) in [6, 6.07) is 9.94. The molecular formula is C21H23N3O2S. The zero-order valence-electron chi connectivity index (χ0n) is 16.2. The second-order valence-corrected chi connectivity index (χ2v) is 7.15. The molecule has 2 aromatic carbocycles. The molecule has 1 aromatic heterocycles. The largest absolute Gasteiger partial charge is 0.497 e. The minimum Gasteiger partial charge on any atom is -0.497 e. The number of methoxy groups -OCH3 is 2. The Morgan fingerprint density at radius 2 is 1.78 bits per heavy atom. The lowest BCUT2D eigenvalue weighted by Crippen LogP contribution is -1.95. The van der Waals surface area contributed by atoms with Gasteiger partial charge in [0.15, 0.2) is 0 Å². The number of rotatable bonds is 6. The average Bonchev–Trinajstić information content (AvgIpc) is 3.09. The lowest BCUT2D eigenvalue weighted by atomic mass is 9.98. The van der Waals surface area contributed by atoms with E-state index in [-0.39, 0.29) is 0 Å². The molecule has 0 aliphatic heterocycles. The number of hydrazone groups is 1. The minimum atomic E-state index is 0.729. The van der Waals surface area contributed by atoms with Crippen LogP contribution in [0.1, 0.15) is 22.3 Å². The third-order valence-electron chi connectivity index (χ3n) is 4.24. The molecule has 1 N–H and O–H groups in total. The molecule has 27 heavy (non-hydrogen) atoms. The number of nitrogens with one attached hydrogen (secondary N) is 1. The fourth-order valence-corrected chi connectivity index (χ4v) is 3.77. The van der Waals surface area contributed by atoms with Crippen molar-refractivity contribution < 1.29 is 9.47 Å². The highest BCUT2D eigenvalue weighted by molar-refractivity contribution is 7.14. The van der Waals surface area contributed by atoms with E-state index in [1.165, 1.54) is 33.6 Å². The van der Waals surface area contributed by atoms with E-state index < -0.39 is 0 Å². The first-order valence-corrected chi connectivity index (χ1v) is 9.44. The molecule has 0 aliphatic rings. The van der Waals surface area contributed by atoms with Crippen LogP contribution in [-0.2, 0) is 0 Å². The smallest absolute Gasteiger partial charge is 0.203 e. The normalized spacial score (nSPS) is 11.0. The fourth-order valence-electron chi connectivity index (χ4n) is 3.12. The second kappa shape index (κ2) is 8.22. The van der Waals surface area contributed by atoms with Crippen molar-refractivity contribution >= 4 is 22.7 Å². The Labute approximate surface area is 163 Å². The fraction of sp³-hybridized carbons (Fsp3) is 0.238. The number of hydrogen-bond acceptors (Lipinski definition) is 6. The van der Waals surface area contributed by atoms with Gasteiger partial charge in [-0.1, -0.05) is 17.7 Å². The van der Waals surface area contributed by atoms with Crippen LogP contribution in [-0.4, -0.2) is 25.4 Å². The number of aryl methyl sites for hydroxylation is 3. The van der Waals surface area contributed by atoms with E-state index in [0.717, 1.165) is 27.9 Å². The van der Waals surface area contributed by atoms with E-state index in [0.29, 0.717) is 0 Å². The number of aromatic nitrogens is 1. The lowest BCUT2D eigenvalue weighted by molar-refractivity contribution is 0.402. The Balaban J connectivity index is 1.79. The average molecular weight is 382 g/mol. The summed E-state index contributed by atoms with van der Waals surface area (Å²) < 4.78 is 10.6. The van der Waals surface area contributed by atoms with Gasteiger partial charge in [0.2, 0.25) is 5.13 Å². The van der Waals surface area contributed by atoms with E-state index in [1.54, 1.807) is 20.4 Å². The Bertz CT molecular complexity index is 956. The number of benzene rings is 2.